The van der Waals surface area contributed by atoms with E-state index in [0.29, 0.717) is 47.6 Å². The number of nitrogens with zero attached hydrogens (tertiary/aromatic N) is 3. The van der Waals surface area contributed by atoms with Crippen molar-refractivity contribution >= 4 is 40.0 Å². The van der Waals surface area contributed by atoms with Gasteiger partial charge in [-0.1, -0.05) is 29.0 Å². The van der Waals surface area contributed by atoms with Gasteiger partial charge in [-0.05, 0) is 26.0 Å². The van der Waals surface area contributed by atoms with Crippen LogP contribution in [0.5, 0.6) is 0 Å². The van der Waals surface area contributed by atoms with Crippen LogP contribution in [0.1, 0.15) is 27.9 Å². The molecule has 28 heavy (non-hydrogen) atoms. The summed E-state index contributed by atoms with van der Waals surface area (Å²) in [7, 11) is 0. The Labute approximate surface area is 167 Å². The minimum absolute atomic E-state index is 0.0205. The van der Waals surface area contributed by atoms with Crippen LogP contribution in [0.3, 0.4) is 0 Å². The molecular weight excluding hydrogens is 378 g/mol. The smallest absolute Gasteiger partial charge is 0.325 e. The number of aryl methyl sites for hydroxylation is 2. The minimum atomic E-state index is -0.410. The van der Waals surface area contributed by atoms with E-state index in [-0.39, 0.29) is 11.8 Å². The van der Waals surface area contributed by atoms with Gasteiger partial charge in [-0.3, -0.25) is 14.9 Å². The molecule has 2 aromatic rings. The number of rotatable bonds is 3. The fraction of sp³-hybridized carbons (Fsp3) is 0.368. The lowest BCUT2D eigenvalue weighted by atomic mass is 10.2. The van der Waals surface area contributed by atoms with Crippen LogP contribution < -0.4 is 10.6 Å². The van der Waals surface area contributed by atoms with Gasteiger partial charge in [-0.15, -0.1) is 0 Å². The summed E-state index contributed by atoms with van der Waals surface area (Å²) in [5.74, 6) is -0.0997. The van der Waals surface area contributed by atoms with Gasteiger partial charge in [-0.25, -0.2) is 9.78 Å². The normalized spacial score (nSPS) is 14.0. The molecule has 9 heteroatoms. The number of carbonyl (C=O) groups is 3. The quantitative estimate of drug-likeness (QED) is 0.827. The van der Waals surface area contributed by atoms with E-state index >= 15 is 0 Å². The largest absolute Gasteiger partial charge is 0.339 e. The summed E-state index contributed by atoms with van der Waals surface area (Å²) < 4.78 is 0. The van der Waals surface area contributed by atoms with Crippen molar-refractivity contribution in [3.05, 3.63) is 40.4 Å². The summed E-state index contributed by atoms with van der Waals surface area (Å²) in [6, 6.07) is 7.04. The fourth-order valence-electron chi connectivity index (χ4n) is 2.91. The molecule has 0 saturated carbocycles. The monoisotopic (exact) mass is 401 g/mol. The lowest BCUT2D eigenvalue weighted by molar-refractivity contribution is -0.130. The van der Waals surface area contributed by atoms with Crippen molar-refractivity contribution in [3.63, 3.8) is 0 Å². The summed E-state index contributed by atoms with van der Waals surface area (Å²) >= 11 is 1.15. The molecule has 1 aliphatic rings. The van der Waals surface area contributed by atoms with Gasteiger partial charge in [0.2, 0.25) is 5.91 Å². The molecule has 0 bridgehead atoms. The fourth-order valence-corrected chi connectivity index (χ4v) is 3.84. The van der Waals surface area contributed by atoms with Crippen molar-refractivity contribution in [2.24, 2.45) is 0 Å². The first-order valence-corrected chi connectivity index (χ1v) is 9.82. The average molecular weight is 401 g/mol. The van der Waals surface area contributed by atoms with Crippen molar-refractivity contribution < 1.29 is 14.4 Å². The maximum atomic E-state index is 12.8. The number of urea groups is 1. The Bertz CT molecular complexity index is 885. The number of piperazine rings is 1. The molecule has 0 unspecified atom stereocenters. The van der Waals surface area contributed by atoms with Gasteiger partial charge in [0.15, 0.2) is 5.13 Å². The zero-order valence-corrected chi connectivity index (χ0v) is 16.9. The number of amides is 4. The number of hydrogen-bond donors (Lipinski definition) is 2. The van der Waals surface area contributed by atoms with Crippen LogP contribution in [-0.4, -0.2) is 58.8 Å². The first kappa shape index (κ1) is 19.8. The van der Waals surface area contributed by atoms with Crippen molar-refractivity contribution in [1.29, 1.82) is 0 Å². The van der Waals surface area contributed by atoms with Gasteiger partial charge >= 0.3 is 6.03 Å². The van der Waals surface area contributed by atoms with E-state index in [2.05, 4.69) is 15.6 Å². The summed E-state index contributed by atoms with van der Waals surface area (Å²) in [6.45, 7) is 7.30. The Morgan fingerprint density at radius 2 is 1.57 bits per heavy atom. The van der Waals surface area contributed by atoms with E-state index < -0.39 is 6.03 Å². The van der Waals surface area contributed by atoms with E-state index in [1.165, 1.54) is 6.92 Å². The number of thiazole rings is 1. The van der Waals surface area contributed by atoms with Gasteiger partial charge in [0.1, 0.15) is 4.88 Å². The Morgan fingerprint density at radius 1 is 0.964 bits per heavy atom. The first-order valence-electron chi connectivity index (χ1n) is 9.00. The second-order valence-electron chi connectivity index (χ2n) is 6.68. The molecule has 8 nitrogen and oxygen atoms in total. The van der Waals surface area contributed by atoms with Crippen LogP contribution in [0.4, 0.5) is 15.6 Å². The molecule has 4 amide bonds. The zero-order valence-electron chi connectivity index (χ0n) is 16.1. The molecule has 1 saturated heterocycles. The van der Waals surface area contributed by atoms with Crippen LogP contribution in [0, 0.1) is 13.8 Å². The van der Waals surface area contributed by atoms with Crippen LogP contribution in [-0.2, 0) is 4.79 Å². The molecule has 0 spiro atoms. The van der Waals surface area contributed by atoms with Gasteiger partial charge in [0.05, 0.1) is 5.69 Å². The Balaban J connectivity index is 1.61. The van der Waals surface area contributed by atoms with E-state index in [9.17, 15) is 14.4 Å². The highest BCUT2D eigenvalue weighted by Crippen LogP contribution is 2.25. The number of nitrogens with one attached hydrogen (secondary N) is 2. The van der Waals surface area contributed by atoms with Gasteiger partial charge in [-0.2, -0.15) is 0 Å². The third kappa shape index (κ3) is 4.66. The van der Waals surface area contributed by atoms with E-state index in [1.807, 2.05) is 31.2 Å². The van der Waals surface area contributed by atoms with Gasteiger partial charge in [0, 0.05) is 38.8 Å². The highest BCUT2D eigenvalue weighted by atomic mass is 32.1. The van der Waals surface area contributed by atoms with Crippen LogP contribution in [0.15, 0.2) is 24.3 Å². The average Bonchev–Trinajstić information content (AvgIpc) is 3.03. The van der Waals surface area contributed by atoms with Crippen molar-refractivity contribution in [3.8, 4) is 0 Å². The van der Waals surface area contributed by atoms with Crippen molar-refractivity contribution in [2.75, 3.05) is 36.8 Å². The van der Waals surface area contributed by atoms with E-state index in [4.69, 9.17) is 0 Å². The van der Waals surface area contributed by atoms with Crippen LogP contribution in [0.25, 0.3) is 0 Å². The molecule has 0 radical (unpaired) electrons. The third-order valence-electron chi connectivity index (χ3n) is 4.53. The zero-order chi connectivity index (χ0) is 20.3. The SMILES string of the molecule is CC(=O)N1CCN(C(=O)c2sc(NC(=O)Nc3ccc(C)cc3)nc2C)CC1. The third-order valence-corrected chi connectivity index (χ3v) is 5.59. The number of aromatic nitrogens is 1. The minimum Gasteiger partial charge on any atom is -0.339 e. The second-order valence-corrected chi connectivity index (χ2v) is 7.68. The molecule has 148 valence electrons. The molecule has 1 aromatic carbocycles. The molecule has 2 N–H and O–H groups in total. The summed E-state index contributed by atoms with van der Waals surface area (Å²) in [4.78, 5) is 44.6. The number of carbonyl (C=O) groups excluding carboxylic acids is 3. The number of benzene rings is 1. The Morgan fingerprint density at radius 3 is 2.18 bits per heavy atom. The Hall–Kier alpha value is -2.94. The molecule has 1 fully saturated rings. The van der Waals surface area contributed by atoms with Gasteiger partial charge in [0.25, 0.3) is 5.91 Å². The molecule has 0 aliphatic carbocycles. The predicted octanol–water partition coefficient (Wildman–Crippen LogP) is 2.71. The standard InChI is InChI=1S/C19H23N5O3S/c1-12-4-6-15(7-5-12)21-18(27)22-19-20-13(2)16(28-19)17(26)24-10-8-23(9-11-24)14(3)25/h4-7H,8-11H2,1-3H3,(H2,20,21,22,27). The van der Waals surface area contributed by atoms with Crippen LogP contribution in [0.2, 0.25) is 0 Å². The topological polar surface area (TPSA) is 94.6 Å². The molecule has 2 heterocycles. The lowest BCUT2D eigenvalue weighted by Crippen LogP contribution is -2.50. The number of hydrogen-bond acceptors (Lipinski definition) is 5. The molecule has 3 rings (SSSR count). The maximum Gasteiger partial charge on any atom is 0.325 e. The van der Waals surface area contributed by atoms with E-state index in [1.54, 1.807) is 16.7 Å². The molecular formula is C19H23N5O3S. The van der Waals surface area contributed by atoms with E-state index in [0.717, 1.165) is 16.9 Å². The Kier molecular flexibility index (Phi) is 5.93. The molecule has 1 aliphatic heterocycles. The van der Waals surface area contributed by atoms with Crippen molar-refractivity contribution in [2.45, 2.75) is 20.8 Å². The first-order chi connectivity index (χ1) is 13.3. The predicted molar refractivity (Wildman–Crippen MR) is 109 cm³/mol. The highest BCUT2D eigenvalue weighted by Gasteiger charge is 2.26. The molecule has 0 atom stereocenters. The maximum absolute atomic E-state index is 12.8. The van der Waals surface area contributed by atoms with Crippen LogP contribution >= 0.6 is 11.3 Å². The second kappa shape index (κ2) is 8.39. The van der Waals surface area contributed by atoms with Crippen molar-refractivity contribution in [1.82, 2.24) is 14.8 Å². The summed E-state index contributed by atoms with van der Waals surface area (Å²) in [6.07, 6.45) is 0. The summed E-state index contributed by atoms with van der Waals surface area (Å²) in [5.41, 5.74) is 2.36. The number of anilines is 2. The molecule has 1 aromatic heterocycles. The lowest BCUT2D eigenvalue weighted by Gasteiger charge is -2.34. The highest BCUT2D eigenvalue weighted by molar-refractivity contribution is 7.17. The summed E-state index contributed by atoms with van der Waals surface area (Å²) in [5, 5.41) is 5.79. The van der Waals surface area contributed by atoms with Gasteiger partial charge < -0.3 is 15.1 Å².